The molecule has 1 aromatic rings. The molecule has 1 heterocycles. The molecule has 1 aliphatic rings. The Morgan fingerprint density at radius 2 is 2.29 bits per heavy atom. The van der Waals surface area contributed by atoms with Crippen LogP contribution < -0.4 is 10.1 Å². The Morgan fingerprint density at radius 1 is 1.59 bits per heavy atom. The van der Waals surface area contributed by atoms with Gasteiger partial charge in [-0.1, -0.05) is 19.0 Å². The number of hydrogen-bond acceptors (Lipinski definition) is 5. The van der Waals surface area contributed by atoms with Crippen molar-refractivity contribution in [1.29, 1.82) is 0 Å². The summed E-state index contributed by atoms with van der Waals surface area (Å²) in [5.74, 6) is 0.637. The lowest BCUT2D eigenvalue weighted by Crippen LogP contribution is -2.30. The van der Waals surface area contributed by atoms with Crippen LogP contribution >= 0.6 is 0 Å². The van der Waals surface area contributed by atoms with Crippen molar-refractivity contribution in [2.24, 2.45) is 11.3 Å². The number of ether oxygens (including phenoxy) is 1. The Kier molecular flexibility index (Phi) is 3.04. The van der Waals surface area contributed by atoms with Gasteiger partial charge in [0, 0.05) is 5.92 Å². The van der Waals surface area contributed by atoms with Gasteiger partial charge in [-0.25, -0.2) is 4.63 Å². The number of nitrogens with zero attached hydrogens (tertiary/aromatic N) is 2. The number of nitrogens with one attached hydrogen (secondary N) is 1. The quantitative estimate of drug-likeness (QED) is 0.773. The van der Waals surface area contributed by atoms with Gasteiger partial charge in [-0.05, 0) is 23.9 Å². The molecule has 6 nitrogen and oxygen atoms in total. The second kappa shape index (κ2) is 4.35. The zero-order valence-electron chi connectivity index (χ0n) is 10.3. The fraction of sp³-hybridized carbons (Fsp3) is 0.727. The molecule has 0 aromatic carbocycles. The Hall–Kier alpha value is -1.59. The first-order valence-corrected chi connectivity index (χ1v) is 5.70. The van der Waals surface area contributed by atoms with Gasteiger partial charge in [0.15, 0.2) is 0 Å². The Labute approximate surface area is 99.7 Å². The minimum Gasteiger partial charge on any atom is -0.472 e. The molecule has 1 aliphatic carbocycles. The van der Waals surface area contributed by atoms with E-state index in [-0.39, 0.29) is 17.2 Å². The first-order valence-electron chi connectivity index (χ1n) is 5.70. The zero-order valence-corrected chi connectivity index (χ0v) is 10.3. The SMILES string of the molecule is Cc1nonc1OCCNC(=O)C1CC1(C)C. The molecule has 94 valence electrons. The van der Waals surface area contributed by atoms with Crippen molar-refractivity contribution in [1.82, 2.24) is 15.6 Å². The summed E-state index contributed by atoms with van der Waals surface area (Å²) in [6.07, 6.45) is 0.964. The van der Waals surface area contributed by atoms with Crippen molar-refractivity contribution in [3.63, 3.8) is 0 Å². The summed E-state index contributed by atoms with van der Waals surface area (Å²) in [5, 5.41) is 10.0. The van der Waals surface area contributed by atoms with Crippen LogP contribution in [0.25, 0.3) is 0 Å². The fourth-order valence-corrected chi connectivity index (χ4v) is 1.71. The van der Waals surface area contributed by atoms with E-state index in [0.717, 1.165) is 6.42 Å². The topological polar surface area (TPSA) is 77.2 Å². The van der Waals surface area contributed by atoms with Crippen molar-refractivity contribution in [3.8, 4) is 5.88 Å². The van der Waals surface area contributed by atoms with E-state index in [1.807, 2.05) is 0 Å². The number of hydrogen-bond donors (Lipinski definition) is 1. The lowest BCUT2D eigenvalue weighted by atomic mass is 10.1. The van der Waals surface area contributed by atoms with Crippen molar-refractivity contribution < 1.29 is 14.2 Å². The van der Waals surface area contributed by atoms with Crippen LogP contribution in [0.15, 0.2) is 4.63 Å². The molecule has 2 rings (SSSR count). The van der Waals surface area contributed by atoms with Crippen LogP contribution in [0.3, 0.4) is 0 Å². The largest absolute Gasteiger partial charge is 0.472 e. The van der Waals surface area contributed by atoms with E-state index < -0.39 is 0 Å². The predicted molar refractivity (Wildman–Crippen MR) is 59.4 cm³/mol. The molecule has 1 saturated carbocycles. The van der Waals surface area contributed by atoms with E-state index in [1.165, 1.54) is 0 Å². The van der Waals surface area contributed by atoms with Gasteiger partial charge < -0.3 is 10.1 Å². The van der Waals surface area contributed by atoms with Crippen molar-refractivity contribution in [2.45, 2.75) is 27.2 Å². The van der Waals surface area contributed by atoms with Crippen LogP contribution in [0, 0.1) is 18.3 Å². The molecule has 1 N–H and O–H groups in total. The molecule has 0 aliphatic heterocycles. The summed E-state index contributed by atoms with van der Waals surface area (Å²) in [6.45, 7) is 6.78. The molecule has 6 heteroatoms. The van der Waals surface area contributed by atoms with Crippen LogP contribution in [0.1, 0.15) is 26.0 Å². The molecule has 1 unspecified atom stereocenters. The maximum Gasteiger partial charge on any atom is 0.278 e. The summed E-state index contributed by atoms with van der Waals surface area (Å²) in [6, 6.07) is 0. The van der Waals surface area contributed by atoms with Crippen LogP contribution in [-0.4, -0.2) is 29.4 Å². The first kappa shape index (κ1) is 11.9. The van der Waals surface area contributed by atoms with Crippen LogP contribution in [0.2, 0.25) is 0 Å². The predicted octanol–water partition coefficient (Wildman–Crippen LogP) is 0.919. The van der Waals surface area contributed by atoms with Crippen molar-refractivity contribution >= 4 is 5.91 Å². The minimum absolute atomic E-state index is 0.105. The van der Waals surface area contributed by atoms with E-state index in [1.54, 1.807) is 6.92 Å². The number of aromatic nitrogens is 2. The molecule has 1 aromatic heterocycles. The van der Waals surface area contributed by atoms with E-state index in [4.69, 9.17) is 4.74 Å². The van der Waals surface area contributed by atoms with E-state index in [2.05, 4.69) is 34.1 Å². The number of carbonyl (C=O) groups excluding carboxylic acids is 1. The van der Waals surface area contributed by atoms with Gasteiger partial charge in [-0.15, -0.1) is 0 Å². The highest BCUT2D eigenvalue weighted by Crippen LogP contribution is 2.51. The molecule has 0 spiro atoms. The highest BCUT2D eigenvalue weighted by molar-refractivity contribution is 5.82. The normalized spacial score (nSPS) is 21.0. The zero-order chi connectivity index (χ0) is 12.5. The lowest BCUT2D eigenvalue weighted by Gasteiger charge is -2.06. The third kappa shape index (κ3) is 2.75. The summed E-state index contributed by atoms with van der Waals surface area (Å²) >= 11 is 0. The second-order valence-electron chi connectivity index (χ2n) is 5.04. The standard InChI is InChI=1S/C11H17N3O3/c1-7-10(14-17-13-7)16-5-4-12-9(15)8-6-11(8,2)3/h8H,4-6H2,1-3H3,(H,12,15). The maximum atomic E-state index is 11.6. The molecule has 1 amide bonds. The first-order chi connectivity index (χ1) is 8.00. The number of aryl methyl sites for hydroxylation is 1. The Bertz CT molecular complexity index is 414. The minimum atomic E-state index is 0.105. The average Bonchev–Trinajstić information content (AvgIpc) is 2.71. The van der Waals surface area contributed by atoms with Gasteiger partial charge in [0.25, 0.3) is 5.88 Å². The van der Waals surface area contributed by atoms with Gasteiger partial charge >= 0.3 is 0 Å². The third-order valence-corrected chi connectivity index (χ3v) is 3.08. The molecular formula is C11H17N3O3. The molecule has 1 fully saturated rings. The summed E-state index contributed by atoms with van der Waals surface area (Å²) < 4.78 is 9.78. The maximum absolute atomic E-state index is 11.6. The fourth-order valence-electron chi connectivity index (χ4n) is 1.71. The van der Waals surface area contributed by atoms with E-state index in [9.17, 15) is 4.79 Å². The molecule has 0 bridgehead atoms. The monoisotopic (exact) mass is 239 g/mol. The Balaban J connectivity index is 1.64. The lowest BCUT2D eigenvalue weighted by molar-refractivity contribution is -0.123. The summed E-state index contributed by atoms with van der Waals surface area (Å²) in [5.41, 5.74) is 0.775. The highest BCUT2D eigenvalue weighted by Gasteiger charge is 2.50. The molecule has 0 saturated heterocycles. The molecule has 0 radical (unpaired) electrons. The van der Waals surface area contributed by atoms with E-state index in [0.29, 0.717) is 24.7 Å². The summed E-state index contributed by atoms with van der Waals surface area (Å²) in [4.78, 5) is 11.6. The van der Waals surface area contributed by atoms with Crippen LogP contribution in [0.5, 0.6) is 5.88 Å². The highest BCUT2D eigenvalue weighted by atomic mass is 16.6. The smallest absolute Gasteiger partial charge is 0.278 e. The third-order valence-electron chi connectivity index (χ3n) is 3.08. The van der Waals surface area contributed by atoms with Crippen LogP contribution in [-0.2, 0) is 4.79 Å². The molecule has 17 heavy (non-hydrogen) atoms. The average molecular weight is 239 g/mol. The van der Waals surface area contributed by atoms with Gasteiger partial charge in [0.1, 0.15) is 12.3 Å². The van der Waals surface area contributed by atoms with E-state index >= 15 is 0 Å². The Morgan fingerprint density at radius 3 is 2.82 bits per heavy atom. The number of carbonyl (C=O) groups is 1. The molecular weight excluding hydrogens is 222 g/mol. The van der Waals surface area contributed by atoms with Gasteiger partial charge in [0.2, 0.25) is 5.91 Å². The van der Waals surface area contributed by atoms with Gasteiger partial charge in [-0.3, -0.25) is 4.79 Å². The number of amides is 1. The number of rotatable bonds is 5. The van der Waals surface area contributed by atoms with Gasteiger partial charge in [0.05, 0.1) is 6.54 Å². The molecule has 1 atom stereocenters. The van der Waals surface area contributed by atoms with Crippen molar-refractivity contribution in [3.05, 3.63) is 5.69 Å². The van der Waals surface area contributed by atoms with Crippen molar-refractivity contribution in [2.75, 3.05) is 13.2 Å². The second-order valence-corrected chi connectivity index (χ2v) is 5.04. The van der Waals surface area contributed by atoms with Crippen LogP contribution in [0.4, 0.5) is 0 Å². The summed E-state index contributed by atoms with van der Waals surface area (Å²) in [7, 11) is 0. The van der Waals surface area contributed by atoms with Gasteiger partial charge in [-0.2, -0.15) is 0 Å².